The molecule has 2 aliphatic rings. The first-order chi connectivity index (χ1) is 8.74. The summed E-state index contributed by atoms with van der Waals surface area (Å²) in [6.07, 6.45) is 10.1. The summed E-state index contributed by atoms with van der Waals surface area (Å²) < 4.78 is 1.90. The number of carbonyl (C=O) groups excluding carboxylic acids is 1. The quantitative estimate of drug-likeness (QED) is 0.857. The van der Waals surface area contributed by atoms with Crippen LogP contribution in [-0.4, -0.2) is 21.7 Å². The molecule has 1 amide bonds. The van der Waals surface area contributed by atoms with Crippen LogP contribution in [0.2, 0.25) is 0 Å². The molecule has 0 atom stereocenters. The van der Waals surface area contributed by atoms with Gasteiger partial charge in [-0.15, -0.1) is 0 Å². The Morgan fingerprint density at radius 1 is 1.28 bits per heavy atom. The van der Waals surface area contributed by atoms with Gasteiger partial charge in [-0.3, -0.25) is 9.48 Å². The molecule has 0 aliphatic heterocycles. The van der Waals surface area contributed by atoms with E-state index in [9.17, 15) is 4.79 Å². The Labute approximate surface area is 107 Å². The van der Waals surface area contributed by atoms with Crippen molar-refractivity contribution in [2.75, 3.05) is 5.73 Å². The molecule has 18 heavy (non-hydrogen) atoms. The topological polar surface area (TPSA) is 72.9 Å². The van der Waals surface area contributed by atoms with Crippen molar-refractivity contribution in [3.63, 3.8) is 0 Å². The molecular weight excluding hydrogens is 228 g/mol. The number of nitrogens with two attached hydrogens (primary N) is 1. The van der Waals surface area contributed by atoms with Crippen molar-refractivity contribution in [1.29, 1.82) is 0 Å². The molecule has 2 fully saturated rings. The highest BCUT2D eigenvalue weighted by molar-refractivity contribution is 5.97. The van der Waals surface area contributed by atoms with Crippen LogP contribution in [-0.2, 0) is 0 Å². The van der Waals surface area contributed by atoms with Gasteiger partial charge in [0.2, 0.25) is 0 Å². The number of rotatable bonds is 3. The van der Waals surface area contributed by atoms with Gasteiger partial charge < -0.3 is 11.1 Å². The number of amides is 1. The number of carbonyl (C=O) groups is 1. The van der Waals surface area contributed by atoms with Gasteiger partial charge in [0.05, 0.1) is 11.7 Å². The van der Waals surface area contributed by atoms with E-state index in [0.29, 0.717) is 23.5 Å². The van der Waals surface area contributed by atoms with Crippen LogP contribution in [0, 0.1) is 0 Å². The van der Waals surface area contributed by atoms with Gasteiger partial charge in [-0.2, -0.15) is 5.10 Å². The Morgan fingerprint density at radius 2 is 2.00 bits per heavy atom. The maximum atomic E-state index is 11.9. The van der Waals surface area contributed by atoms with E-state index in [0.717, 1.165) is 25.7 Å². The molecule has 1 aromatic heterocycles. The Hall–Kier alpha value is -1.52. The lowest BCUT2D eigenvalue weighted by Crippen LogP contribution is -2.26. The van der Waals surface area contributed by atoms with E-state index < -0.39 is 0 Å². The molecule has 3 rings (SSSR count). The molecule has 1 heterocycles. The zero-order chi connectivity index (χ0) is 12.5. The van der Waals surface area contributed by atoms with E-state index in [-0.39, 0.29) is 5.91 Å². The highest BCUT2D eigenvalue weighted by atomic mass is 16.2. The van der Waals surface area contributed by atoms with Crippen molar-refractivity contribution in [2.45, 2.75) is 57.0 Å². The predicted octanol–water partition coefficient (Wildman–Crippen LogP) is 1.86. The summed E-state index contributed by atoms with van der Waals surface area (Å²) in [6, 6.07) is 0.764. The van der Waals surface area contributed by atoms with Crippen LogP contribution >= 0.6 is 0 Å². The monoisotopic (exact) mass is 248 g/mol. The summed E-state index contributed by atoms with van der Waals surface area (Å²) in [4.78, 5) is 11.9. The average Bonchev–Trinajstić information content (AvgIpc) is 3.10. The summed E-state index contributed by atoms with van der Waals surface area (Å²) in [6.45, 7) is 0. The van der Waals surface area contributed by atoms with Crippen molar-refractivity contribution in [1.82, 2.24) is 15.1 Å². The fourth-order valence-corrected chi connectivity index (χ4v) is 2.60. The number of anilines is 1. The molecule has 3 N–H and O–H groups in total. The minimum absolute atomic E-state index is 0.121. The lowest BCUT2D eigenvalue weighted by molar-refractivity contribution is 0.0945. The van der Waals surface area contributed by atoms with E-state index in [1.165, 1.54) is 19.3 Å². The first-order valence-electron chi connectivity index (χ1n) is 6.89. The van der Waals surface area contributed by atoms with E-state index in [4.69, 9.17) is 5.73 Å². The first-order valence-corrected chi connectivity index (χ1v) is 6.89. The lowest BCUT2D eigenvalue weighted by Gasteiger charge is -2.21. The molecule has 0 saturated heterocycles. The van der Waals surface area contributed by atoms with Gasteiger partial charge in [0, 0.05) is 12.2 Å². The summed E-state index contributed by atoms with van der Waals surface area (Å²) in [5.41, 5.74) is 6.80. The van der Waals surface area contributed by atoms with Gasteiger partial charge in [-0.05, 0) is 25.7 Å². The second kappa shape index (κ2) is 4.63. The van der Waals surface area contributed by atoms with Gasteiger partial charge in [-0.25, -0.2) is 0 Å². The Morgan fingerprint density at radius 3 is 2.67 bits per heavy atom. The Kier molecular flexibility index (Phi) is 2.97. The van der Waals surface area contributed by atoms with Crippen molar-refractivity contribution in [3.05, 3.63) is 11.9 Å². The first kappa shape index (κ1) is 11.6. The number of nitrogens with one attached hydrogen (secondary N) is 1. The maximum Gasteiger partial charge on any atom is 0.274 e. The van der Waals surface area contributed by atoms with Crippen LogP contribution in [0.3, 0.4) is 0 Å². The molecule has 2 aliphatic carbocycles. The molecule has 98 valence electrons. The van der Waals surface area contributed by atoms with Crippen molar-refractivity contribution in [2.24, 2.45) is 0 Å². The fraction of sp³-hybridized carbons (Fsp3) is 0.692. The van der Waals surface area contributed by atoms with E-state index in [2.05, 4.69) is 10.4 Å². The summed E-state index contributed by atoms with van der Waals surface area (Å²) in [7, 11) is 0. The molecule has 0 bridgehead atoms. The van der Waals surface area contributed by atoms with Crippen LogP contribution in [0.25, 0.3) is 0 Å². The van der Waals surface area contributed by atoms with Crippen molar-refractivity contribution in [3.8, 4) is 0 Å². The average molecular weight is 248 g/mol. The van der Waals surface area contributed by atoms with Crippen LogP contribution in [0.1, 0.15) is 61.5 Å². The summed E-state index contributed by atoms with van der Waals surface area (Å²) in [5, 5.41) is 7.33. The maximum absolute atomic E-state index is 11.9. The summed E-state index contributed by atoms with van der Waals surface area (Å²) in [5.74, 6) is -0.121. The zero-order valence-corrected chi connectivity index (χ0v) is 10.6. The number of nitrogens with zero attached hydrogens (tertiary/aromatic N) is 2. The summed E-state index contributed by atoms with van der Waals surface area (Å²) >= 11 is 0. The fourth-order valence-electron chi connectivity index (χ4n) is 2.60. The van der Waals surface area contributed by atoms with E-state index >= 15 is 0 Å². The molecule has 1 aromatic rings. The van der Waals surface area contributed by atoms with Gasteiger partial charge >= 0.3 is 0 Å². The Bertz CT molecular complexity index is 444. The van der Waals surface area contributed by atoms with E-state index in [1.54, 1.807) is 0 Å². The minimum Gasteiger partial charge on any atom is -0.396 e. The van der Waals surface area contributed by atoms with Crippen molar-refractivity contribution < 1.29 is 4.79 Å². The largest absolute Gasteiger partial charge is 0.396 e. The number of aromatic nitrogens is 2. The van der Waals surface area contributed by atoms with Crippen LogP contribution < -0.4 is 11.1 Å². The van der Waals surface area contributed by atoms with Gasteiger partial charge in [0.15, 0.2) is 5.69 Å². The zero-order valence-electron chi connectivity index (χ0n) is 10.6. The highest BCUT2D eigenvalue weighted by Crippen LogP contribution is 2.29. The third-order valence-electron chi connectivity index (χ3n) is 3.84. The molecule has 2 saturated carbocycles. The minimum atomic E-state index is -0.121. The molecule has 0 aromatic carbocycles. The predicted molar refractivity (Wildman–Crippen MR) is 69.2 cm³/mol. The van der Waals surface area contributed by atoms with Gasteiger partial charge in [-0.1, -0.05) is 19.3 Å². The van der Waals surface area contributed by atoms with Crippen LogP contribution in [0.5, 0.6) is 0 Å². The molecule has 0 radical (unpaired) electrons. The number of hydrogen-bond acceptors (Lipinski definition) is 3. The second-order valence-electron chi connectivity index (χ2n) is 5.45. The third-order valence-corrected chi connectivity index (χ3v) is 3.84. The number of nitrogen functional groups attached to an aromatic ring is 1. The van der Waals surface area contributed by atoms with Crippen LogP contribution in [0.15, 0.2) is 6.20 Å². The normalized spacial score (nSPS) is 20.9. The molecule has 5 heteroatoms. The molecular formula is C13H20N4O. The van der Waals surface area contributed by atoms with Crippen molar-refractivity contribution >= 4 is 11.6 Å². The lowest BCUT2D eigenvalue weighted by atomic mass is 9.96. The molecule has 0 spiro atoms. The standard InChI is InChI=1S/C13H20N4O/c14-11-8-17(10-4-2-1-3-5-10)16-12(11)13(18)15-9-6-7-9/h8-10H,1-7,14H2,(H,15,18). The van der Waals surface area contributed by atoms with Gasteiger partial charge in [0.25, 0.3) is 5.91 Å². The highest BCUT2D eigenvalue weighted by Gasteiger charge is 2.27. The second-order valence-corrected chi connectivity index (χ2v) is 5.45. The third kappa shape index (κ3) is 2.35. The smallest absolute Gasteiger partial charge is 0.274 e. The van der Waals surface area contributed by atoms with Gasteiger partial charge in [0.1, 0.15) is 0 Å². The van der Waals surface area contributed by atoms with E-state index in [1.807, 2.05) is 10.9 Å². The number of hydrogen-bond donors (Lipinski definition) is 2. The molecule has 5 nitrogen and oxygen atoms in total. The van der Waals surface area contributed by atoms with Crippen LogP contribution in [0.4, 0.5) is 5.69 Å². The SMILES string of the molecule is Nc1cn(C2CCCCC2)nc1C(=O)NC1CC1. The Balaban J connectivity index is 1.74. The molecule has 0 unspecified atom stereocenters.